The third-order valence-electron chi connectivity index (χ3n) is 3.95. The smallest absolute Gasteiger partial charge is 0.306 e. The van der Waals surface area contributed by atoms with E-state index in [1.165, 1.54) is 13.2 Å². The Bertz CT molecular complexity index is 937. The lowest BCUT2D eigenvalue weighted by Crippen LogP contribution is -2.14. The number of halogens is 1. The molecule has 0 N–H and O–H groups in total. The fourth-order valence-electron chi connectivity index (χ4n) is 2.55. The highest BCUT2D eigenvalue weighted by molar-refractivity contribution is 7.18. The van der Waals surface area contributed by atoms with Gasteiger partial charge in [0.2, 0.25) is 0 Å². The Morgan fingerprint density at radius 2 is 2.00 bits per heavy atom. The van der Waals surface area contributed by atoms with Crippen LogP contribution in [-0.4, -0.2) is 30.5 Å². The molecule has 7 heteroatoms. The van der Waals surface area contributed by atoms with Gasteiger partial charge in [0.25, 0.3) is 0 Å². The molecule has 0 saturated heterocycles. The number of Topliss-reactive ketones (excluding diaryl/α,β-unsaturated/α-hetero) is 1. The lowest BCUT2D eigenvalue weighted by atomic mass is 10.1. The summed E-state index contributed by atoms with van der Waals surface area (Å²) in [7, 11) is 1.50. The van der Waals surface area contributed by atoms with Crippen LogP contribution < -0.4 is 4.74 Å². The van der Waals surface area contributed by atoms with Crippen molar-refractivity contribution in [3.8, 4) is 5.75 Å². The van der Waals surface area contributed by atoms with Gasteiger partial charge < -0.3 is 9.47 Å². The Morgan fingerprint density at radius 1 is 1.19 bits per heavy atom. The Balaban J connectivity index is 1.44. The Kier molecular flexibility index (Phi) is 6.42. The first-order valence-electron chi connectivity index (χ1n) is 8.43. The van der Waals surface area contributed by atoms with E-state index in [1.54, 1.807) is 23.5 Å². The number of esters is 1. The number of thiazole rings is 1. The van der Waals surface area contributed by atoms with Crippen LogP contribution in [0, 0.1) is 0 Å². The number of fused-ring (bicyclic) bond motifs is 1. The van der Waals surface area contributed by atoms with Gasteiger partial charge in [0.15, 0.2) is 12.4 Å². The molecule has 27 heavy (non-hydrogen) atoms. The number of ether oxygens (including phenoxy) is 2. The molecule has 0 unspecified atom stereocenters. The summed E-state index contributed by atoms with van der Waals surface area (Å²) in [6.45, 7) is -0.303. The summed E-state index contributed by atoms with van der Waals surface area (Å²) in [4.78, 5) is 28.5. The molecule has 0 fully saturated rings. The van der Waals surface area contributed by atoms with E-state index in [0.717, 1.165) is 15.2 Å². The van der Waals surface area contributed by atoms with Crippen molar-refractivity contribution in [1.82, 2.24) is 4.98 Å². The lowest BCUT2D eigenvalue weighted by Gasteiger charge is -2.06. The minimum atomic E-state index is -0.399. The zero-order valence-electron chi connectivity index (χ0n) is 14.7. The van der Waals surface area contributed by atoms with Gasteiger partial charge in [-0.1, -0.05) is 23.7 Å². The highest BCUT2D eigenvalue weighted by atomic mass is 35.5. The second-order valence-electron chi connectivity index (χ2n) is 5.86. The Hall–Kier alpha value is -2.44. The van der Waals surface area contributed by atoms with Crippen LogP contribution in [0.15, 0.2) is 42.5 Å². The maximum absolute atomic E-state index is 12.1. The zero-order chi connectivity index (χ0) is 19.2. The van der Waals surface area contributed by atoms with Crippen molar-refractivity contribution < 1.29 is 19.1 Å². The highest BCUT2D eigenvalue weighted by Crippen LogP contribution is 2.25. The minimum Gasteiger partial charge on any atom is -0.495 e. The first-order valence-corrected chi connectivity index (χ1v) is 9.63. The zero-order valence-corrected chi connectivity index (χ0v) is 16.3. The monoisotopic (exact) mass is 403 g/mol. The third-order valence-corrected chi connectivity index (χ3v) is 5.34. The molecule has 1 heterocycles. The number of nitrogens with zero attached hydrogens (tertiary/aromatic N) is 1. The number of rotatable bonds is 8. The molecule has 3 rings (SSSR count). The molecule has 0 aliphatic carbocycles. The van der Waals surface area contributed by atoms with E-state index >= 15 is 0 Å². The average molecular weight is 404 g/mol. The molecule has 0 aliphatic rings. The molecule has 0 atom stereocenters. The van der Waals surface area contributed by atoms with Gasteiger partial charge in [-0.2, -0.15) is 0 Å². The largest absolute Gasteiger partial charge is 0.495 e. The van der Waals surface area contributed by atoms with Gasteiger partial charge in [0, 0.05) is 12.0 Å². The summed E-state index contributed by atoms with van der Waals surface area (Å²) in [5.74, 6) is -0.219. The average Bonchev–Trinajstić information content (AvgIpc) is 3.08. The van der Waals surface area contributed by atoms with Crippen LogP contribution in [0.3, 0.4) is 0 Å². The molecule has 0 amide bonds. The van der Waals surface area contributed by atoms with Gasteiger partial charge >= 0.3 is 5.97 Å². The number of para-hydroxylation sites is 1. The van der Waals surface area contributed by atoms with Crippen molar-refractivity contribution in [2.24, 2.45) is 0 Å². The van der Waals surface area contributed by atoms with E-state index in [1.807, 2.05) is 24.3 Å². The van der Waals surface area contributed by atoms with Gasteiger partial charge in [-0.15, -0.1) is 11.3 Å². The minimum absolute atomic E-state index is 0.243. The number of ketones is 1. The van der Waals surface area contributed by atoms with Gasteiger partial charge in [-0.05, 0) is 43.2 Å². The number of aryl methyl sites for hydroxylation is 1. The van der Waals surface area contributed by atoms with Crippen LogP contribution in [0.2, 0.25) is 5.02 Å². The Morgan fingerprint density at radius 3 is 2.74 bits per heavy atom. The molecule has 0 aliphatic heterocycles. The molecule has 5 nitrogen and oxygen atoms in total. The molecule has 3 aromatic rings. The number of benzene rings is 2. The number of methoxy groups -OCH3 is 1. The van der Waals surface area contributed by atoms with Crippen molar-refractivity contribution in [2.75, 3.05) is 13.7 Å². The van der Waals surface area contributed by atoms with Crippen LogP contribution >= 0.6 is 22.9 Å². The van der Waals surface area contributed by atoms with E-state index < -0.39 is 5.97 Å². The van der Waals surface area contributed by atoms with Crippen molar-refractivity contribution in [3.63, 3.8) is 0 Å². The van der Waals surface area contributed by atoms with E-state index in [-0.39, 0.29) is 18.8 Å². The summed E-state index contributed by atoms with van der Waals surface area (Å²) >= 11 is 7.63. The number of carbonyl (C=O) groups is 2. The predicted octanol–water partition coefficient (Wildman–Crippen LogP) is 4.71. The van der Waals surface area contributed by atoms with Crippen LogP contribution in [-0.2, 0) is 16.0 Å². The van der Waals surface area contributed by atoms with Crippen molar-refractivity contribution in [3.05, 3.63) is 58.1 Å². The van der Waals surface area contributed by atoms with Gasteiger partial charge in [-0.25, -0.2) is 4.98 Å². The maximum atomic E-state index is 12.1. The van der Waals surface area contributed by atoms with Gasteiger partial charge in [0.05, 0.1) is 27.4 Å². The lowest BCUT2D eigenvalue weighted by molar-refractivity contribution is -0.142. The molecule has 0 radical (unpaired) electrons. The van der Waals surface area contributed by atoms with Crippen molar-refractivity contribution in [1.29, 1.82) is 0 Å². The molecule has 140 valence electrons. The predicted molar refractivity (Wildman–Crippen MR) is 106 cm³/mol. The van der Waals surface area contributed by atoms with Gasteiger partial charge in [-0.3, -0.25) is 9.59 Å². The van der Waals surface area contributed by atoms with E-state index in [0.29, 0.717) is 29.2 Å². The number of aromatic nitrogens is 1. The molecule has 2 aromatic carbocycles. The number of hydrogen-bond acceptors (Lipinski definition) is 6. The molecule has 0 bridgehead atoms. The summed E-state index contributed by atoms with van der Waals surface area (Å²) < 4.78 is 11.3. The normalized spacial score (nSPS) is 10.7. The van der Waals surface area contributed by atoms with Crippen LogP contribution in [0.25, 0.3) is 10.2 Å². The van der Waals surface area contributed by atoms with Crippen LogP contribution in [0.5, 0.6) is 5.75 Å². The number of hydrogen-bond donors (Lipinski definition) is 0. The molecular weight excluding hydrogens is 386 g/mol. The standard InChI is InChI=1S/C20H18ClNO4S/c1-25-17-10-9-13(11-14(17)21)16(23)12-26-20(24)8-4-7-19-22-15-5-2-3-6-18(15)27-19/h2-3,5-6,9-11H,4,7-8,12H2,1H3. The first kappa shape index (κ1) is 19.3. The first-order chi connectivity index (χ1) is 13.1. The quantitative estimate of drug-likeness (QED) is 0.402. The third kappa shape index (κ3) is 5.05. The fourth-order valence-corrected chi connectivity index (χ4v) is 3.82. The molecular formula is C20H18ClNO4S. The van der Waals surface area contributed by atoms with E-state index in [9.17, 15) is 9.59 Å². The van der Waals surface area contributed by atoms with E-state index in [2.05, 4.69) is 4.98 Å². The maximum Gasteiger partial charge on any atom is 0.306 e. The summed E-state index contributed by atoms with van der Waals surface area (Å²) in [5.41, 5.74) is 1.35. The van der Waals surface area contributed by atoms with Crippen LogP contribution in [0.1, 0.15) is 28.2 Å². The summed E-state index contributed by atoms with van der Waals surface area (Å²) in [6.07, 6.45) is 1.57. The molecule has 0 spiro atoms. The SMILES string of the molecule is COc1ccc(C(=O)COC(=O)CCCc2nc3ccccc3s2)cc1Cl. The summed E-state index contributed by atoms with van der Waals surface area (Å²) in [6, 6.07) is 12.6. The Labute approximate surface area is 165 Å². The second-order valence-corrected chi connectivity index (χ2v) is 7.38. The van der Waals surface area contributed by atoms with Gasteiger partial charge in [0.1, 0.15) is 5.75 Å². The second kappa shape index (κ2) is 8.97. The highest BCUT2D eigenvalue weighted by Gasteiger charge is 2.12. The summed E-state index contributed by atoms with van der Waals surface area (Å²) in [5, 5.41) is 1.33. The topological polar surface area (TPSA) is 65.5 Å². The molecule has 1 aromatic heterocycles. The van der Waals surface area contributed by atoms with Crippen LogP contribution in [0.4, 0.5) is 0 Å². The number of carbonyl (C=O) groups excluding carboxylic acids is 2. The molecule has 0 saturated carbocycles. The van der Waals surface area contributed by atoms with Crippen molar-refractivity contribution >= 4 is 44.9 Å². The van der Waals surface area contributed by atoms with E-state index in [4.69, 9.17) is 21.1 Å². The van der Waals surface area contributed by atoms with Crippen molar-refractivity contribution in [2.45, 2.75) is 19.3 Å². The fraction of sp³-hybridized carbons (Fsp3) is 0.250.